The van der Waals surface area contributed by atoms with Crippen LogP contribution in [0.1, 0.15) is 27.7 Å². The molecule has 0 aromatic rings. The molecular weight excluding hydrogens is 132 g/mol. The number of Topliss-reactive ketones (excluding diaryl/α,β-unsaturated/α-hetero) is 2. The Morgan fingerprint density at radius 1 is 0.800 bits per heavy atom. The van der Waals surface area contributed by atoms with Crippen molar-refractivity contribution in [2.24, 2.45) is 0 Å². The fraction of sp³-hybridized carbons (Fsp3) is 0.571. The molecule has 0 fully saturated rings. The van der Waals surface area contributed by atoms with E-state index in [1.54, 1.807) is 0 Å². The molecule has 0 aromatic carbocycles. The molecule has 0 aromatic heterocycles. The van der Waals surface area contributed by atoms with E-state index in [4.69, 9.17) is 4.79 Å². The average Bonchev–Trinajstić information content (AvgIpc) is 1.66. The number of hydrogen-bond acceptors (Lipinski definition) is 3. The highest BCUT2D eigenvalue weighted by Gasteiger charge is 1.62. The summed E-state index contributed by atoms with van der Waals surface area (Å²) in [7, 11) is 0. The molecule has 3 heteroatoms. The van der Waals surface area contributed by atoms with Crippen molar-refractivity contribution in [2.45, 2.75) is 27.7 Å². The molecular formula is C7H14O3. The van der Waals surface area contributed by atoms with Crippen molar-refractivity contribution in [1.29, 1.82) is 0 Å². The second kappa shape index (κ2) is 15.7. The largest absolute Gasteiger partial charge is 0.307 e. The fourth-order valence-corrected chi connectivity index (χ4v) is 0. The van der Waals surface area contributed by atoms with Gasteiger partial charge < -0.3 is 14.4 Å². The highest BCUT2D eigenvalue weighted by Crippen LogP contribution is 1.50. The molecule has 0 unspecified atom stereocenters. The Kier molecular flexibility index (Phi) is 25.1. The minimum atomic E-state index is 0.167. The summed E-state index contributed by atoms with van der Waals surface area (Å²) in [5.41, 5.74) is 0. The zero-order chi connectivity index (χ0) is 9.15. The molecule has 10 heavy (non-hydrogen) atoms. The molecule has 0 radical (unpaired) electrons. The van der Waals surface area contributed by atoms with Crippen LogP contribution >= 0.6 is 0 Å². The van der Waals surface area contributed by atoms with Gasteiger partial charge in [0.1, 0.15) is 18.4 Å². The van der Waals surface area contributed by atoms with Gasteiger partial charge >= 0.3 is 0 Å². The van der Waals surface area contributed by atoms with E-state index in [2.05, 4.69) is 0 Å². The number of rotatable bonds is 0. The molecule has 0 aliphatic rings. The number of ketones is 2. The van der Waals surface area contributed by atoms with E-state index >= 15 is 0 Å². The van der Waals surface area contributed by atoms with E-state index in [9.17, 15) is 9.59 Å². The van der Waals surface area contributed by atoms with Gasteiger partial charge in [-0.15, -0.1) is 0 Å². The molecule has 3 nitrogen and oxygen atoms in total. The van der Waals surface area contributed by atoms with Gasteiger partial charge in [-0.3, -0.25) is 0 Å². The maximum absolute atomic E-state index is 9.44. The van der Waals surface area contributed by atoms with Gasteiger partial charge in [-0.2, -0.15) is 0 Å². The number of hydrogen-bond donors (Lipinski definition) is 0. The smallest absolute Gasteiger partial charge is 0.126 e. The van der Waals surface area contributed by atoms with Gasteiger partial charge in [-0.05, 0) is 27.7 Å². The summed E-state index contributed by atoms with van der Waals surface area (Å²) in [6, 6.07) is 0. The molecule has 0 spiro atoms. The van der Waals surface area contributed by atoms with E-state index in [1.807, 2.05) is 6.79 Å². The highest BCUT2D eigenvalue weighted by molar-refractivity contribution is 5.72. The number of carbonyl (C=O) groups excluding carboxylic acids is 3. The summed E-state index contributed by atoms with van der Waals surface area (Å²) < 4.78 is 0. The van der Waals surface area contributed by atoms with E-state index in [0.29, 0.717) is 0 Å². The van der Waals surface area contributed by atoms with Crippen molar-refractivity contribution in [1.82, 2.24) is 0 Å². The molecule has 0 atom stereocenters. The predicted octanol–water partition coefficient (Wildman–Crippen LogP) is 1.01. The Bertz CT molecular complexity index is 77.0. The van der Waals surface area contributed by atoms with Crippen LogP contribution in [0.2, 0.25) is 0 Å². The third-order valence-corrected chi connectivity index (χ3v) is 0. The summed E-state index contributed by atoms with van der Waals surface area (Å²) in [4.78, 5) is 26.9. The molecule has 0 N–H and O–H groups in total. The van der Waals surface area contributed by atoms with Crippen molar-refractivity contribution in [3.05, 3.63) is 0 Å². The molecule has 0 aliphatic heterocycles. The van der Waals surface area contributed by atoms with Crippen molar-refractivity contribution in [2.75, 3.05) is 0 Å². The first-order valence-corrected chi connectivity index (χ1v) is 2.70. The second-order valence-corrected chi connectivity index (χ2v) is 1.82. The monoisotopic (exact) mass is 146 g/mol. The van der Waals surface area contributed by atoms with Crippen LogP contribution < -0.4 is 0 Å². The van der Waals surface area contributed by atoms with Crippen LogP contribution in [0.4, 0.5) is 0 Å². The summed E-state index contributed by atoms with van der Waals surface area (Å²) in [5, 5.41) is 0. The summed E-state index contributed by atoms with van der Waals surface area (Å²) >= 11 is 0. The maximum Gasteiger partial charge on any atom is 0.126 e. The predicted molar refractivity (Wildman–Crippen MR) is 39.8 cm³/mol. The Balaban J connectivity index is -0.0000000787. The molecule has 0 rings (SSSR count). The minimum Gasteiger partial charge on any atom is -0.307 e. The lowest BCUT2D eigenvalue weighted by molar-refractivity contribution is -0.115. The SMILES string of the molecule is C=O.CC(C)=O.CC(C)=O. The maximum atomic E-state index is 9.44. The first-order valence-electron chi connectivity index (χ1n) is 2.70. The van der Waals surface area contributed by atoms with Gasteiger partial charge in [-0.1, -0.05) is 0 Å². The van der Waals surface area contributed by atoms with Gasteiger partial charge in [-0.25, -0.2) is 0 Å². The molecule has 0 amide bonds. The molecule has 0 aliphatic carbocycles. The Labute approximate surface area is 61.4 Å². The quantitative estimate of drug-likeness (QED) is 0.512. The minimum absolute atomic E-state index is 0.167. The van der Waals surface area contributed by atoms with Gasteiger partial charge in [0.25, 0.3) is 0 Å². The third-order valence-electron chi connectivity index (χ3n) is 0. The summed E-state index contributed by atoms with van der Waals surface area (Å²) in [6.07, 6.45) is 0. The van der Waals surface area contributed by atoms with E-state index in [1.165, 1.54) is 27.7 Å². The van der Waals surface area contributed by atoms with Crippen LogP contribution in [0.25, 0.3) is 0 Å². The molecule has 0 heterocycles. The fourth-order valence-electron chi connectivity index (χ4n) is 0. The Morgan fingerprint density at radius 3 is 0.800 bits per heavy atom. The first-order chi connectivity index (χ1) is 4.46. The Hall–Kier alpha value is -0.990. The lowest BCUT2D eigenvalue weighted by atomic mass is 10.6. The zero-order valence-electron chi connectivity index (χ0n) is 6.93. The van der Waals surface area contributed by atoms with Crippen LogP contribution in [0.5, 0.6) is 0 Å². The van der Waals surface area contributed by atoms with Gasteiger partial charge in [0.2, 0.25) is 0 Å². The lowest BCUT2D eigenvalue weighted by Crippen LogP contribution is -1.69. The lowest BCUT2D eigenvalue weighted by Gasteiger charge is -1.56. The zero-order valence-corrected chi connectivity index (χ0v) is 6.93. The summed E-state index contributed by atoms with van der Waals surface area (Å²) in [6.45, 7) is 8.11. The standard InChI is InChI=1S/2C3H6O.CH2O/c2*1-3(2)4;1-2/h2*1-2H3;1H2. The van der Waals surface area contributed by atoms with Crippen molar-refractivity contribution in [3.63, 3.8) is 0 Å². The summed E-state index contributed by atoms with van der Waals surface area (Å²) in [5.74, 6) is 0.333. The van der Waals surface area contributed by atoms with Crippen LogP contribution in [0, 0.1) is 0 Å². The van der Waals surface area contributed by atoms with Gasteiger partial charge in [0.15, 0.2) is 0 Å². The normalized spacial score (nSPS) is 5.60. The van der Waals surface area contributed by atoms with Gasteiger partial charge in [0, 0.05) is 0 Å². The number of carbonyl (C=O) groups is 3. The highest BCUT2D eigenvalue weighted by atomic mass is 16.1. The van der Waals surface area contributed by atoms with E-state index < -0.39 is 0 Å². The first kappa shape index (κ1) is 16.0. The second-order valence-electron chi connectivity index (χ2n) is 1.82. The van der Waals surface area contributed by atoms with Crippen molar-refractivity contribution >= 4 is 18.4 Å². The van der Waals surface area contributed by atoms with Crippen LogP contribution in [-0.2, 0) is 14.4 Å². The molecule has 0 saturated carbocycles. The third kappa shape index (κ3) is 258. The Morgan fingerprint density at radius 2 is 0.800 bits per heavy atom. The van der Waals surface area contributed by atoms with Crippen molar-refractivity contribution < 1.29 is 14.4 Å². The molecule has 0 saturated heterocycles. The topological polar surface area (TPSA) is 51.2 Å². The van der Waals surface area contributed by atoms with Crippen LogP contribution in [0.15, 0.2) is 0 Å². The van der Waals surface area contributed by atoms with Crippen LogP contribution in [-0.4, -0.2) is 18.4 Å². The van der Waals surface area contributed by atoms with E-state index in [-0.39, 0.29) is 11.6 Å². The van der Waals surface area contributed by atoms with Crippen LogP contribution in [0.3, 0.4) is 0 Å². The molecule has 0 bridgehead atoms. The average molecular weight is 146 g/mol. The molecule has 60 valence electrons. The van der Waals surface area contributed by atoms with E-state index in [0.717, 1.165) is 0 Å². The van der Waals surface area contributed by atoms with Crippen molar-refractivity contribution in [3.8, 4) is 0 Å². The van der Waals surface area contributed by atoms with Gasteiger partial charge in [0.05, 0.1) is 0 Å².